The fourth-order valence-electron chi connectivity index (χ4n) is 3.05. The minimum atomic E-state index is -3.86. The van der Waals surface area contributed by atoms with Crippen LogP contribution in [0.1, 0.15) is 0 Å². The van der Waals surface area contributed by atoms with Gasteiger partial charge < -0.3 is 0 Å². The van der Waals surface area contributed by atoms with Gasteiger partial charge in [0.1, 0.15) is 11.6 Å². The van der Waals surface area contributed by atoms with Crippen LogP contribution in [0.25, 0.3) is 28.2 Å². The van der Waals surface area contributed by atoms with Gasteiger partial charge in [0.25, 0.3) is 0 Å². The number of nitrogens with zero attached hydrogens (tertiary/aromatic N) is 2. The lowest BCUT2D eigenvalue weighted by molar-refractivity contribution is 0.588. The average molecular weight is 446 g/mol. The molecule has 0 saturated heterocycles. The van der Waals surface area contributed by atoms with Crippen molar-refractivity contribution in [3.05, 3.63) is 89.5 Å². The molecule has 0 amide bonds. The summed E-state index contributed by atoms with van der Waals surface area (Å²) in [5, 5.41) is 10.1. The Bertz CT molecular complexity index is 1320. The molecule has 0 atom stereocenters. The van der Waals surface area contributed by atoms with Crippen LogP contribution in [0.15, 0.2) is 77.7 Å². The first-order valence-corrected chi connectivity index (χ1v) is 10.6. The summed E-state index contributed by atoms with van der Waals surface area (Å²) >= 11 is 5.97. The Morgan fingerprint density at radius 2 is 1.50 bits per heavy atom. The van der Waals surface area contributed by atoms with Crippen molar-refractivity contribution in [2.75, 3.05) is 0 Å². The minimum absolute atomic E-state index is 0.0631. The summed E-state index contributed by atoms with van der Waals surface area (Å²) in [7, 11) is -3.86. The van der Waals surface area contributed by atoms with Crippen molar-refractivity contribution >= 4 is 21.6 Å². The van der Waals surface area contributed by atoms with Crippen LogP contribution in [0.5, 0.6) is 0 Å². The highest BCUT2D eigenvalue weighted by Gasteiger charge is 2.19. The second kappa shape index (κ2) is 7.64. The van der Waals surface area contributed by atoms with Gasteiger partial charge in [-0.1, -0.05) is 29.8 Å². The average Bonchev–Trinajstić information content (AvgIpc) is 3.13. The van der Waals surface area contributed by atoms with Gasteiger partial charge in [0.15, 0.2) is 0 Å². The molecule has 1 heterocycles. The van der Waals surface area contributed by atoms with Gasteiger partial charge in [0.05, 0.1) is 27.5 Å². The zero-order chi connectivity index (χ0) is 21.5. The summed E-state index contributed by atoms with van der Waals surface area (Å²) in [5.74, 6) is -1.49. The van der Waals surface area contributed by atoms with Gasteiger partial charge in [-0.3, -0.25) is 0 Å². The second-order valence-electron chi connectivity index (χ2n) is 6.47. The molecule has 0 aliphatic heterocycles. The third kappa shape index (κ3) is 3.85. The molecule has 0 fully saturated rings. The van der Waals surface area contributed by atoms with E-state index >= 15 is 0 Å². The van der Waals surface area contributed by atoms with Crippen molar-refractivity contribution in [2.45, 2.75) is 4.90 Å². The lowest BCUT2D eigenvalue weighted by Gasteiger charge is -2.08. The lowest BCUT2D eigenvalue weighted by atomic mass is 10.1. The maximum Gasteiger partial charge on any atom is 0.238 e. The first-order chi connectivity index (χ1) is 14.2. The molecule has 0 aliphatic carbocycles. The molecule has 5 nitrogen and oxygen atoms in total. The summed E-state index contributed by atoms with van der Waals surface area (Å²) < 4.78 is 53.2. The van der Waals surface area contributed by atoms with Crippen LogP contribution < -0.4 is 5.14 Å². The monoisotopic (exact) mass is 445 g/mol. The van der Waals surface area contributed by atoms with Crippen LogP contribution in [-0.4, -0.2) is 18.2 Å². The standard InChI is InChI=1S/C21H14ClF2N3O2S/c22-14-6-4-13(5-7-14)20-12-19(21-17(23)2-1-3-18(21)24)26-27(20)15-8-10-16(11-9-15)30(25,28)29/h1-12H,(H2,25,28,29). The normalized spacial score (nSPS) is 11.6. The molecule has 0 saturated carbocycles. The Morgan fingerprint density at radius 1 is 0.900 bits per heavy atom. The number of benzene rings is 3. The molecule has 152 valence electrons. The zero-order valence-corrected chi connectivity index (χ0v) is 16.8. The molecule has 30 heavy (non-hydrogen) atoms. The summed E-state index contributed by atoms with van der Waals surface area (Å²) in [6.07, 6.45) is 0. The smallest absolute Gasteiger partial charge is 0.232 e. The van der Waals surface area contributed by atoms with E-state index in [2.05, 4.69) is 5.10 Å². The summed E-state index contributed by atoms with van der Waals surface area (Å²) in [5.41, 5.74) is 1.55. The maximum atomic E-state index is 14.3. The Kier molecular flexibility index (Phi) is 5.15. The number of primary sulfonamides is 1. The molecular weight excluding hydrogens is 432 g/mol. The molecule has 0 spiro atoms. The number of hydrogen-bond acceptors (Lipinski definition) is 3. The fourth-order valence-corrected chi connectivity index (χ4v) is 3.69. The van der Waals surface area contributed by atoms with Crippen molar-refractivity contribution < 1.29 is 17.2 Å². The molecule has 0 aliphatic rings. The predicted molar refractivity (Wildman–Crippen MR) is 111 cm³/mol. The molecule has 1 aromatic heterocycles. The van der Waals surface area contributed by atoms with E-state index < -0.39 is 21.7 Å². The van der Waals surface area contributed by atoms with Crippen molar-refractivity contribution in [1.82, 2.24) is 9.78 Å². The second-order valence-corrected chi connectivity index (χ2v) is 8.47. The number of nitrogens with two attached hydrogens (primary N) is 1. The minimum Gasteiger partial charge on any atom is -0.232 e. The van der Waals surface area contributed by atoms with E-state index in [0.29, 0.717) is 22.0 Å². The van der Waals surface area contributed by atoms with Crippen molar-refractivity contribution in [3.63, 3.8) is 0 Å². The number of rotatable bonds is 4. The van der Waals surface area contributed by atoms with E-state index in [1.165, 1.54) is 35.0 Å². The Hall–Kier alpha value is -3.07. The highest BCUT2D eigenvalue weighted by Crippen LogP contribution is 2.32. The van der Waals surface area contributed by atoms with Crippen LogP contribution >= 0.6 is 11.6 Å². The fraction of sp³-hybridized carbons (Fsp3) is 0. The molecule has 0 bridgehead atoms. The molecule has 9 heteroatoms. The van der Waals surface area contributed by atoms with Crippen LogP contribution in [-0.2, 0) is 10.0 Å². The highest BCUT2D eigenvalue weighted by atomic mass is 35.5. The van der Waals surface area contributed by atoms with E-state index in [-0.39, 0.29) is 16.2 Å². The van der Waals surface area contributed by atoms with Crippen LogP contribution in [0.3, 0.4) is 0 Å². The van der Waals surface area contributed by atoms with Crippen LogP contribution in [0.2, 0.25) is 5.02 Å². The largest absolute Gasteiger partial charge is 0.238 e. The van der Waals surface area contributed by atoms with E-state index in [4.69, 9.17) is 16.7 Å². The molecule has 0 radical (unpaired) electrons. The molecule has 2 N–H and O–H groups in total. The molecular formula is C21H14ClF2N3O2S. The first-order valence-electron chi connectivity index (χ1n) is 8.68. The van der Waals surface area contributed by atoms with E-state index in [0.717, 1.165) is 12.1 Å². The third-order valence-corrected chi connectivity index (χ3v) is 5.66. The number of halogens is 3. The van der Waals surface area contributed by atoms with E-state index in [1.807, 2.05) is 0 Å². The topological polar surface area (TPSA) is 78.0 Å². The van der Waals surface area contributed by atoms with Crippen LogP contribution in [0.4, 0.5) is 8.78 Å². The first kappa shape index (κ1) is 20.2. The maximum absolute atomic E-state index is 14.3. The third-order valence-electron chi connectivity index (χ3n) is 4.48. The molecule has 4 aromatic rings. The Balaban J connectivity index is 1.92. The van der Waals surface area contributed by atoms with Gasteiger partial charge in [-0.05, 0) is 54.6 Å². The van der Waals surface area contributed by atoms with E-state index in [1.54, 1.807) is 30.3 Å². The highest BCUT2D eigenvalue weighted by molar-refractivity contribution is 7.89. The van der Waals surface area contributed by atoms with Crippen molar-refractivity contribution in [3.8, 4) is 28.2 Å². The van der Waals surface area contributed by atoms with Gasteiger partial charge in [-0.25, -0.2) is 27.0 Å². The van der Waals surface area contributed by atoms with Gasteiger partial charge >= 0.3 is 0 Å². The molecule has 3 aromatic carbocycles. The number of sulfonamides is 1. The van der Waals surface area contributed by atoms with Gasteiger partial charge in [0, 0.05) is 10.6 Å². The quantitative estimate of drug-likeness (QED) is 0.490. The van der Waals surface area contributed by atoms with Crippen molar-refractivity contribution in [1.29, 1.82) is 0 Å². The van der Waals surface area contributed by atoms with Gasteiger partial charge in [-0.2, -0.15) is 5.10 Å². The van der Waals surface area contributed by atoms with Crippen LogP contribution in [0, 0.1) is 11.6 Å². The van der Waals surface area contributed by atoms with Gasteiger partial charge in [-0.15, -0.1) is 0 Å². The molecule has 0 unspecified atom stereocenters. The Labute approximate surface area is 176 Å². The summed E-state index contributed by atoms with van der Waals surface area (Å²) in [6, 6.07) is 17.7. The van der Waals surface area contributed by atoms with Crippen molar-refractivity contribution in [2.24, 2.45) is 5.14 Å². The van der Waals surface area contributed by atoms with Gasteiger partial charge in [0.2, 0.25) is 10.0 Å². The number of hydrogen-bond donors (Lipinski definition) is 1. The Morgan fingerprint density at radius 3 is 2.07 bits per heavy atom. The zero-order valence-electron chi connectivity index (χ0n) is 15.3. The summed E-state index contributed by atoms with van der Waals surface area (Å²) in [4.78, 5) is -0.0631. The number of aromatic nitrogens is 2. The SMILES string of the molecule is NS(=O)(=O)c1ccc(-n2nc(-c3c(F)cccc3F)cc2-c2ccc(Cl)cc2)cc1. The van der Waals surface area contributed by atoms with E-state index in [9.17, 15) is 17.2 Å². The predicted octanol–water partition coefficient (Wildman–Crippen LogP) is 4.79. The summed E-state index contributed by atoms with van der Waals surface area (Å²) in [6.45, 7) is 0. The lowest BCUT2D eigenvalue weighted by Crippen LogP contribution is -2.12. The molecule has 4 rings (SSSR count).